The summed E-state index contributed by atoms with van der Waals surface area (Å²) < 4.78 is 0. The van der Waals surface area contributed by atoms with Crippen molar-refractivity contribution in [3.05, 3.63) is 51.3 Å². The zero-order valence-electron chi connectivity index (χ0n) is 11.2. The van der Waals surface area contributed by atoms with Gasteiger partial charge in [-0.1, -0.05) is 0 Å². The fourth-order valence-corrected chi connectivity index (χ4v) is 2.84. The molecular weight excluding hydrogens is 294 g/mol. The number of aromatic nitrogens is 2. The molecular formula is C13H11N3O4S. The second-order valence-electron chi connectivity index (χ2n) is 4.28. The van der Waals surface area contributed by atoms with Crippen molar-refractivity contribution in [3.8, 4) is 0 Å². The van der Waals surface area contributed by atoms with Gasteiger partial charge in [0.1, 0.15) is 10.1 Å². The number of aromatic carboxylic acids is 1. The molecule has 0 saturated carbocycles. The lowest BCUT2D eigenvalue weighted by molar-refractivity contribution is -0.385. The van der Waals surface area contributed by atoms with Gasteiger partial charge in [0.15, 0.2) is 0 Å². The first-order valence-electron chi connectivity index (χ1n) is 5.88. The SMILES string of the molecule is Cc1cc(C)c(C(=O)O)c(Sc2cc([N+](=O)[O-])ccn2)n1. The second kappa shape index (κ2) is 5.88. The molecule has 2 aromatic heterocycles. The highest BCUT2D eigenvalue weighted by Crippen LogP contribution is 2.31. The van der Waals surface area contributed by atoms with Gasteiger partial charge in [0.25, 0.3) is 5.69 Å². The Labute approximate surface area is 124 Å². The molecule has 0 spiro atoms. The van der Waals surface area contributed by atoms with Gasteiger partial charge in [0.05, 0.1) is 10.5 Å². The summed E-state index contributed by atoms with van der Waals surface area (Å²) in [7, 11) is 0. The quantitative estimate of drug-likeness (QED) is 0.683. The highest BCUT2D eigenvalue weighted by molar-refractivity contribution is 7.99. The number of hydrogen-bond donors (Lipinski definition) is 1. The Kier molecular flexibility index (Phi) is 4.18. The Morgan fingerprint density at radius 1 is 1.38 bits per heavy atom. The standard InChI is InChI=1S/C13H11N3O4S/c1-7-5-8(2)15-12(11(7)13(17)18)21-10-6-9(16(19)20)3-4-14-10/h3-6H,1-2H3,(H,17,18). The highest BCUT2D eigenvalue weighted by Gasteiger charge is 2.18. The summed E-state index contributed by atoms with van der Waals surface area (Å²) >= 11 is 0.995. The number of nitro groups is 1. The Balaban J connectivity index is 2.46. The molecule has 2 aromatic rings. The van der Waals surface area contributed by atoms with E-state index >= 15 is 0 Å². The van der Waals surface area contributed by atoms with E-state index in [1.54, 1.807) is 19.9 Å². The molecule has 21 heavy (non-hydrogen) atoms. The maximum Gasteiger partial charge on any atom is 0.338 e. The minimum atomic E-state index is -1.09. The first kappa shape index (κ1) is 14.9. The van der Waals surface area contributed by atoms with Crippen LogP contribution in [0.1, 0.15) is 21.6 Å². The number of carboxylic acids is 1. The molecule has 0 amide bonds. The van der Waals surface area contributed by atoms with Crippen LogP contribution in [0, 0.1) is 24.0 Å². The third-order valence-electron chi connectivity index (χ3n) is 2.66. The van der Waals surface area contributed by atoms with Crippen LogP contribution in [0.15, 0.2) is 34.4 Å². The molecule has 2 heterocycles. The summed E-state index contributed by atoms with van der Waals surface area (Å²) in [5.74, 6) is -1.09. The van der Waals surface area contributed by atoms with Crippen molar-refractivity contribution < 1.29 is 14.8 Å². The lowest BCUT2D eigenvalue weighted by Crippen LogP contribution is -2.05. The van der Waals surface area contributed by atoms with E-state index < -0.39 is 10.9 Å². The van der Waals surface area contributed by atoms with Crippen LogP contribution in [0.2, 0.25) is 0 Å². The van der Waals surface area contributed by atoms with Crippen molar-refractivity contribution in [3.63, 3.8) is 0 Å². The van der Waals surface area contributed by atoms with Gasteiger partial charge in [-0.25, -0.2) is 14.8 Å². The van der Waals surface area contributed by atoms with Crippen molar-refractivity contribution in [2.75, 3.05) is 0 Å². The van der Waals surface area contributed by atoms with Gasteiger partial charge in [0.2, 0.25) is 0 Å². The average molecular weight is 305 g/mol. The number of aryl methyl sites for hydroxylation is 2. The van der Waals surface area contributed by atoms with E-state index in [0.717, 1.165) is 11.8 Å². The van der Waals surface area contributed by atoms with E-state index in [0.29, 0.717) is 16.3 Å². The first-order chi connectivity index (χ1) is 9.88. The van der Waals surface area contributed by atoms with Gasteiger partial charge >= 0.3 is 5.97 Å². The smallest absolute Gasteiger partial charge is 0.338 e. The lowest BCUT2D eigenvalue weighted by atomic mass is 10.1. The van der Waals surface area contributed by atoms with Crippen LogP contribution in [-0.4, -0.2) is 26.0 Å². The van der Waals surface area contributed by atoms with E-state index in [4.69, 9.17) is 0 Å². The summed E-state index contributed by atoms with van der Waals surface area (Å²) in [5, 5.41) is 20.6. The molecule has 8 heteroatoms. The number of pyridine rings is 2. The predicted octanol–water partition coefficient (Wildman–Crippen LogP) is 2.85. The summed E-state index contributed by atoms with van der Waals surface area (Å²) in [4.78, 5) is 29.8. The normalized spacial score (nSPS) is 10.4. The topological polar surface area (TPSA) is 106 Å². The van der Waals surface area contributed by atoms with Crippen LogP contribution in [0.3, 0.4) is 0 Å². The molecule has 0 atom stereocenters. The van der Waals surface area contributed by atoms with E-state index in [9.17, 15) is 20.0 Å². The molecule has 0 radical (unpaired) electrons. The van der Waals surface area contributed by atoms with Gasteiger partial charge in [0, 0.05) is 24.0 Å². The van der Waals surface area contributed by atoms with Gasteiger partial charge < -0.3 is 5.11 Å². The molecule has 0 aromatic carbocycles. The molecule has 0 aliphatic rings. The van der Waals surface area contributed by atoms with Crippen LogP contribution < -0.4 is 0 Å². The number of carboxylic acid groups (broad SMARTS) is 1. The molecule has 2 rings (SSSR count). The van der Waals surface area contributed by atoms with Crippen molar-refractivity contribution in [2.24, 2.45) is 0 Å². The Morgan fingerprint density at radius 3 is 2.71 bits per heavy atom. The number of carbonyl (C=O) groups is 1. The predicted molar refractivity (Wildman–Crippen MR) is 75.7 cm³/mol. The third kappa shape index (κ3) is 3.34. The van der Waals surface area contributed by atoms with E-state index in [1.807, 2.05) is 0 Å². The fraction of sp³-hybridized carbons (Fsp3) is 0.154. The van der Waals surface area contributed by atoms with Crippen LogP contribution in [-0.2, 0) is 0 Å². The number of rotatable bonds is 4. The molecule has 0 aliphatic heterocycles. The largest absolute Gasteiger partial charge is 0.478 e. The zero-order valence-corrected chi connectivity index (χ0v) is 12.0. The van der Waals surface area contributed by atoms with Gasteiger partial charge in [-0.05, 0) is 37.2 Å². The van der Waals surface area contributed by atoms with Crippen molar-refractivity contribution in [1.82, 2.24) is 9.97 Å². The van der Waals surface area contributed by atoms with Crippen LogP contribution >= 0.6 is 11.8 Å². The maximum absolute atomic E-state index is 11.3. The molecule has 108 valence electrons. The minimum absolute atomic E-state index is 0.0823. The second-order valence-corrected chi connectivity index (χ2v) is 5.29. The summed E-state index contributed by atoms with van der Waals surface area (Å²) in [6.07, 6.45) is 1.31. The van der Waals surface area contributed by atoms with Crippen LogP contribution in [0.4, 0.5) is 5.69 Å². The maximum atomic E-state index is 11.3. The zero-order chi connectivity index (χ0) is 15.6. The minimum Gasteiger partial charge on any atom is -0.478 e. The summed E-state index contributed by atoms with van der Waals surface area (Å²) in [6.45, 7) is 3.44. The van der Waals surface area contributed by atoms with Crippen molar-refractivity contribution in [2.45, 2.75) is 23.9 Å². The number of nitrogens with zero attached hydrogens (tertiary/aromatic N) is 3. The van der Waals surface area contributed by atoms with Crippen molar-refractivity contribution >= 4 is 23.4 Å². The monoisotopic (exact) mass is 305 g/mol. The molecule has 0 bridgehead atoms. The van der Waals surface area contributed by atoms with Crippen molar-refractivity contribution in [1.29, 1.82) is 0 Å². The van der Waals surface area contributed by atoms with E-state index in [2.05, 4.69) is 9.97 Å². The van der Waals surface area contributed by atoms with Gasteiger partial charge in [-0.2, -0.15) is 0 Å². The molecule has 0 saturated heterocycles. The molecule has 0 unspecified atom stereocenters. The Bertz CT molecular complexity index is 733. The lowest BCUT2D eigenvalue weighted by Gasteiger charge is -2.08. The molecule has 0 aliphatic carbocycles. The van der Waals surface area contributed by atoms with E-state index in [1.165, 1.54) is 18.3 Å². The summed E-state index contributed by atoms with van der Waals surface area (Å²) in [6, 6.07) is 4.24. The van der Waals surface area contributed by atoms with Crippen LogP contribution in [0.25, 0.3) is 0 Å². The molecule has 1 N–H and O–H groups in total. The average Bonchev–Trinajstić information content (AvgIpc) is 2.37. The Morgan fingerprint density at radius 2 is 2.10 bits per heavy atom. The van der Waals surface area contributed by atoms with Gasteiger partial charge in [-0.15, -0.1) is 0 Å². The van der Waals surface area contributed by atoms with E-state index in [-0.39, 0.29) is 16.3 Å². The molecule has 0 fully saturated rings. The molecule has 7 nitrogen and oxygen atoms in total. The fourth-order valence-electron chi connectivity index (χ4n) is 1.80. The Hall–Kier alpha value is -2.48. The first-order valence-corrected chi connectivity index (χ1v) is 6.70. The van der Waals surface area contributed by atoms with Gasteiger partial charge in [-0.3, -0.25) is 10.1 Å². The number of hydrogen-bond acceptors (Lipinski definition) is 6. The third-order valence-corrected chi connectivity index (χ3v) is 3.58. The highest BCUT2D eigenvalue weighted by atomic mass is 32.2. The van der Waals surface area contributed by atoms with Crippen LogP contribution in [0.5, 0.6) is 0 Å². The summed E-state index contributed by atoms with van der Waals surface area (Å²) in [5.41, 5.74) is 1.24.